The van der Waals surface area contributed by atoms with E-state index in [0.717, 1.165) is 11.8 Å². The van der Waals surface area contributed by atoms with E-state index in [-0.39, 0.29) is 18.8 Å². The molecule has 2 aliphatic heterocycles. The number of carboxylic acid groups (broad SMARTS) is 1. The van der Waals surface area contributed by atoms with Crippen molar-refractivity contribution in [1.82, 2.24) is 10.2 Å². The molecule has 0 aliphatic carbocycles. The number of thioether (sulfide) groups is 1. The number of nitrogens with zero attached hydrogens (tertiary/aromatic N) is 1. The maximum absolute atomic E-state index is 12.6. The molecule has 1 aromatic rings. The highest BCUT2D eigenvalue weighted by molar-refractivity contribution is 8.00. The van der Waals surface area contributed by atoms with Crippen LogP contribution in [-0.4, -0.2) is 63.8 Å². The molecule has 3 rings (SSSR count). The number of hydrogen-bond acceptors (Lipinski definition) is 7. The fourth-order valence-electron chi connectivity index (χ4n) is 3.27. The van der Waals surface area contributed by atoms with Crippen LogP contribution in [0.1, 0.15) is 18.6 Å². The van der Waals surface area contributed by atoms with Gasteiger partial charge in [0.25, 0.3) is 12.4 Å². The molecule has 2 aliphatic rings. The molecule has 0 radical (unpaired) electrons. The van der Waals surface area contributed by atoms with Gasteiger partial charge in [0.15, 0.2) is 5.41 Å². The molecule has 2 saturated heterocycles. The Morgan fingerprint density at radius 1 is 1.36 bits per heavy atom. The van der Waals surface area contributed by atoms with Crippen molar-refractivity contribution in [3.8, 4) is 0 Å². The monoisotopic (exact) mass is 406 g/mol. The number of Topliss-reactive ketones (excluding diaryl/α,β-unsaturated/α-hetero) is 1. The summed E-state index contributed by atoms with van der Waals surface area (Å²) in [6.45, 7) is 1.13. The highest BCUT2D eigenvalue weighted by atomic mass is 32.2. The van der Waals surface area contributed by atoms with Crippen LogP contribution in [0.2, 0.25) is 0 Å². The Kier molecular flexibility index (Phi) is 5.41. The van der Waals surface area contributed by atoms with Gasteiger partial charge in [-0.25, -0.2) is 0 Å². The highest BCUT2D eigenvalue weighted by Crippen LogP contribution is 2.42. The summed E-state index contributed by atoms with van der Waals surface area (Å²) in [5.41, 5.74) is -1.19. The number of fused-ring (bicyclic) bond motifs is 1. The van der Waals surface area contributed by atoms with Gasteiger partial charge in [0.2, 0.25) is 12.0 Å². The standard InChI is InChI=1S/C18H18N2O7S/c1-10(22)18(17(25)26)7-20-15(24)12(16(20)28-8-18)19-14(23)13(27-9-21)11-5-3-2-4-6-11/h2-6,9,12-13,16H,7-8H2,1H3,(H,19,23)(H,25,26)/t12?,13?,16-,18?/m1/s1. The minimum atomic E-state index is -1.64. The predicted molar refractivity (Wildman–Crippen MR) is 97.0 cm³/mol. The molecule has 0 spiro atoms. The average Bonchev–Trinajstić information content (AvgIpc) is 2.69. The highest BCUT2D eigenvalue weighted by Gasteiger charge is 2.59. The van der Waals surface area contributed by atoms with Gasteiger partial charge in [-0.1, -0.05) is 30.3 Å². The van der Waals surface area contributed by atoms with E-state index in [0.29, 0.717) is 5.56 Å². The zero-order valence-corrected chi connectivity index (χ0v) is 15.7. The van der Waals surface area contributed by atoms with Crippen molar-refractivity contribution in [3.63, 3.8) is 0 Å². The van der Waals surface area contributed by atoms with E-state index in [1.54, 1.807) is 30.3 Å². The van der Waals surface area contributed by atoms with Crippen LogP contribution in [0.15, 0.2) is 30.3 Å². The molecule has 0 saturated carbocycles. The quantitative estimate of drug-likeness (QED) is 0.367. The van der Waals surface area contributed by atoms with E-state index in [4.69, 9.17) is 4.74 Å². The van der Waals surface area contributed by atoms with Gasteiger partial charge in [0, 0.05) is 17.9 Å². The zero-order valence-electron chi connectivity index (χ0n) is 14.9. The molecule has 2 N–H and O–H groups in total. The van der Waals surface area contributed by atoms with Gasteiger partial charge >= 0.3 is 5.97 Å². The fraction of sp³-hybridized carbons (Fsp3) is 0.389. The molecule has 148 valence electrons. The lowest BCUT2D eigenvalue weighted by Crippen LogP contribution is -2.74. The van der Waals surface area contributed by atoms with Crippen molar-refractivity contribution in [2.75, 3.05) is 12.3 Å². The van der Waals surface area contributed by atoms with Crippen molar-refractivity contribution in [2.45, 2.75) is 24.4 Å². The number of rotatable bonds is 7. The summed E-state index contributed by atoms with van der Waals surface area (Å²) in [7, 11) is 0. The summed E-state index contributed by atoms with van der Waals surface area (Å²) in [4.78, 5) is 60.6. The Morgan fingerprint density at radius 2 is 2.04 bits per heavy atom. The number of carboxylic acids is 1. The molecule has 2 amide bonds. The normalized spacial score (nSPS) is 27.0. The number of hydrogen-bond donors (Lipinski definition) is 2. The van der Waals surface area contributed by atoms with Gasteiger partial charge in [-0.3, -0.25) is 24.0 Å². The number of aliphatic carboxylic acids is 1. The van der Waals surface area contributed by atoms with Gasteiger partial charge in [0.05, 0.1) is 0 Å². The van der Waals surface area contributed by atoms with Crippen LogP contribution in [0.3, 0.4) is 0 Å². The van der Waals surface area contributed by atoms with Crippen LogP contribution < -0.4 is 5.32 Å². The molecular weight excluding hydrogens is 388 g/mol. The van der Waals surface area contributed by atoms with E-state index < -0.39 is 46.5 Å². The van der Waals surface area contributed by atoms with Crippen LogP contribution in [0.4, 0.5) is 0 Å². The molecule has 4 atom stereocenters. The van der Waals surface area contributed by atoms with Gasteiger partial charge < -0.3 is 20.1 Å². The van der Waals surface area contributed by atoms with Crippen LogP contribution in [0, 0.1) is 5.41 Å². The molecule has 3 unspecified atom stereocenters. The first-order chi connectivity index (χ1) is 13.3. The maximum atomic E-state index is 12.6. The summed E-state index contributed by atoms with van der Waals surface area (Å²) < 4.78 is 4.88. The second-order valence-corrected chi connectivity index (χ2v) is 7.73. The molecule has 28 heavy (non-hydrogen) atoms. The third kappa shape index (κ3) is 3.24. The Bertz CT molecular complexity index is 814. The minimum absolute atomic E-state index is 0.00539. The summed E-state index contributed by atoms with van der Waals surface area (Å²) in [6.07, 6.45) is -1.20. The molecule has 0 bridgehead atoms. The second-order valence-electron chi connectivity index (χ2n) is 6.62. The lowest BCUT2D eigenvalue weighted by molar-refractivity contribution is -0.162. The van der Waals surface area contributed by atoms with Gasteiger partial charge in [0.1, 0.15) is 17.2 Å². The molecule has 9 nitrogen and oxygen atoms in total. The fourth-order valence-corrected chi connectivity index (χ4v) is 4.88. The number of ketones is 1. The number of benzene rings is 1. The molecule has 10 heteroatoms. The van der Waals surface area contributed by atoms with Crippen LogP contribution in [0.25, 0.3) is 0 Å². The van der Waals surface area contributed by atoms with Crippen molar-refractivity contribution >= 4 is 41.8 Å². The van der Waals surface area contributed by atoms with Crippen molar-refractivity contribution < 1.29 is 33.8 Å². The first-order valence-electron chi connectivity index (χ1n) is 8.43. The number of carbonyl (C=O) groups excluding carboxylic acids is 4. The number of nitrogens with one attached hydrogen (secondary N) is 1. The third-order valence-electron chi connectivity index (χ3n) is 5.00. The van der Waals surface area contributed by atoms with Crippen molar-refractivity contribution in [3.05, 3.63) is 35.9 Å². The van der Waals surface area contributed by atoms with Crippen LogP contribution in [0.5, 0.6) is 0 Å². The number of ether oxygens (including phenoxy) is 1. The number of amides is 2. The van der Waals surface area contributed by atoms with E-state index in [9.17, 15) is 29.1 Å². The second kappa shape index (κ2) is 7.63. The summed E-state index contributed by atoms with van der Waals surface area (Å²) in [6, 6.07) is 7.47. The molecule has 0 aromatic heterocycles. The van der Waals surface area contributed by atoms with E-state index in [1.165, 1.54) is 11.8 Å². The largest absolute Gasteiger partial charge is 0.480 e. The van der Waals surface area contributed by atoms with Crippen molar-refractivity contribution in [2.24, 2.45) is 5.41 Å². The first kappa shape index (κ1) is 19.9. The Labute approximate surface area is 164 Å². The summed E-state index contributed by atoms with van der Waals surface area (Å²) >= 11 is 1.13. The maximum Gasteiger partial charge on any atom is 0.319 e. The Balaban J connectivity index is 1.71. The number of β-lactam (4-membered cyclic amide) rings is 1. The van der Waals surface area contributed by atoms with Crippen molar-refractivity contribution in [1.29, 1.82) is 0 Å². The van der Waals surface area contributed by atoms with Gasteiger partial charge in [-0.15, -0.1) is 11.8 Å². The van der Waals surface area contributed by atoms with Crippen LogP contribution in [-0.2, 0) is 28.7 Å². The smallest absolute Gasteiger partial charge is 0.319 e. The van der Waals surface area contributed by atoms with E-state index in [2.05, 4.69) is 5.32 Å². The predicted octanol–water partition coefficient (Wildman–Crippen LogP) is -0.0394. The summed E-state index contributed by atoms with van der Waals surface area (Å²) in [5.74, 6) is -2.91. The molecule has 2 fully saturated rings. The van der Waals surface area contributed by atoms with Gasteiger partial charge in [-0.2, -0.15) is 0 Å². The van der Waals surface area contributed by atoms with E-state index >= 15 is 0 Å². The van der Waals surface area contributed by atoms with Gasteiger partial charge in [-0.05, 0) is 6.92 Å². The first-order valence-corrected chi connectivity index (χ1v) is 9.47. The van der Waals surface area contributed by atoms with E-state index in [1.807, 2.05) is 0 Å². The lowest BCUT2D eigenvalue weighted by atomic mass is 9.83. The lowest BCUT2D eigenvalue weighted by Gasteiger charge is -2.53. The molecule has 2 heterocycles. The molecule has 1 aromatic carbocycles. The SMILES string of the molecule is CC(=O)C1(C(=O)O)CS[C@@H]2C(NC(=O)C(OC=O)c3ccccc3)C(=O)N2C1. The topological polar surface area (TPSA) is 130 Å². The summed E-state index contributed by atoms with van der Waals surface area (Å²) in [5, 5.41) is 11.5. The Hall–Kier alpha value is -2.88. The minimum Gasteiger partial charge on any atom is -0.480 e. The zero-order chi connectivity index (χ0) is 20.5. The average molecular weight is 406 g/mol. The third-order valence-corrected chi connectivity index (χ3v) is 6.52. The van der Waals surface area contributed by atoms with Crippen LogP contribution >= 0.6 is 11.8 Å². The molecular formula is C18H18N2O7S. The number of carbonyl (C=O) groups is 5. The Morgan fingerprint density at radius 3 is 2.61 bits per heavy atom.